The predicted molar refractivity (Wildman–Crippen MR) is 87.7 cm³/mol. The lowest BCUT2D eigenvalue weighted by Gasteiger charge is -2.35. The van der Waals surface area contributed by atoms with Gasteiger partial charge in [-0.3, -0.25) is 14.5 Å². The van der Waals surface area contributed by atoms with Crippen molar-refractivity contribution in [1.29, 1.82) is 0 Å². The van der Waals surface area contributed by atoms with Crippen LogP contribution in [0, 0.1) is 17.8 Å². The molecule has 0 aromatic heterocycles. The number of carbonyl (C=O) groups excluding carboxylic acids is 2. The van der Waals surface area contributed by atoms with E-state index in [9.17, 15) is 9.59 Å². The lowest BCUT2D eigenvalue weighted by molar-refractivity contribution is -0.132. The first-order chi connectivity index (χ1) is 11.1. The first-order valence-corrected chi connectivity index (χ1v) is 9.43. The number of carbonyl (C=O) groups is 2. The number of hydrogen-bond donors (Lipinski definition) is 1. The second-order valence-corrected chi connectivity index (χ2v) is 8.08. The highest BCUT2D eigenvalue weighted by molar-refractivity contribution is 5.83. The maximum Gasteiger partial charge on any atom is 0.239 e. The van der Waals surface area contributed by atoms with Crippen LogP contribution in [0.15, 0.2) is 0 Å². The highest BCUT2D eigenvalue weighted by Gasteiger charge is 2.46. The number of hydrogen-bond acceptors (Lipinski definition) is 3. The number of amides is 2. The fraction of sp³-hybridized carbons (Fsp3) is 0.889. The minimum atomic E-state index is 0.0855. The van der Waals surface area contributed by atoms with E-state index in [0.717, 1.165) is 38.9 Å². The van der Waals surface area contributed by atoms with Crippen molar-refractivity contribution in [3.05, 3.63) is 0 Å². The average Bonchev–Trinajstić information content (AvgIpc) is 3.45. The Morgan fingerprint density at radius 1 is 1.00 bits per heavy atom. The molecule has 0 bridgehead atoms. The van der Waals surface area contributed by atoms with E-state index >= 15 is 0 Å². The van der Waals surface area contributed by atoms with E-state index in [4.69, 9.17) is 0 Å². The molecule has 1 N–H and O–H groups in total. The van der Waals surface area contributed by atoms with Gasteiger partial charge in [-0.2, -0.15) is 0 Å². The smallest absolute Gasteiger partial charge is 0.239 e. The Kier molecular flexibility index (Phi) is 4.08. The molecule has 2 heterocycles. The first kappa shape index (κ1) is 15.4. The van der Waals surface area contributed by atoms with Crippen molar-refractivity contribution in [2.45, 2.75) is 57.0 Å². The first-order valence-electron chi connectivity index (χ1n) is 9.43. The maximum atomic E-state index is 12.6. The molecule has 1 atom stereocenters. The molecule has 0 spiro atoms. The zero-order chi connectivity index (χ0) is 16.0. The summed E-state index contributed by atoms with van der Waals surface area (Å²) >= 11 is 0. The fourth-order valence-electron chi connectivity index (χ4n) is 4.52. The van der Waals surface area contributed by atoms with E-state index in [0.29, 0.717) is 29.7 Å². The molecule has 128 valence electrons. The number of nitrogens with one attached hydrogen (secondary N) is 1. The molecule has 1 unspecified atom stereocenters. The summed E-state index contributed by atoms with van der Waals surface area (Å²) in [4.78, 5) is 28.9. The van der Waals surface area contributed by atoms with Crippen LogP contribution in [0.5, 0.6) is 0 Å². The molecule has 2 saturated heterocycles. The van der Waals surface area contributed by atoms with E-state index in [-0.39, 0.29) is 11.9 Å². The molecular formula is C18H29N3O2. The molecule has 0 aromatic rings. The van der Waals surface area contributed by atoms with E-state index in [2.05, 4.69) is 10.2 Å². The third kappa shape index (κ3) is 3.25. The summed E-state index contributed by atoms with van der Waals surface area (Å²) in [5.74, 6) is 2.25. The van der Waals surface area contributed by atoms with Crippen molar-refractivity contribution in [2.24, 2.45) is 17.8 Å². The third-order valence-corrected chi connectivity index (χ3v) is 6.28. The summed E-state index contributed by atoms with van der Waals surface area (Å²) in [5.41, 5.74) is 0. The van der Waals surface area contributed by atoms with Crippen molar-refractivity contribution in [1.82, 2.24) is 15.1 Å². The molecule has 5 heteroatoms. The largest absolute Gasteiger partial charge is 0.353 e. The number of likely N-dealkylation sites (N-methyl/N-ethyl adjacent to an activating group) is 1. The SMILES string of the molecule is CN1CCC(N2CCC(NC(=O)C(C3CC3)C3CC3)CC2)C1=O. The molecule has 2 aliphatic heterocycles. The topological polar surface area (TPSA) is 52.6 Å². The van der Waals surface area contributed by atoms with Gasteiger partial charge in [0.25, 0.3) is 0 Å². The van der Waals surface area contributed by atoms with Crippen molar-refractivity contribution in [3.8, 4) is 0 Å². The van der Waals surface area contributed by atoms with Gasteiger partial charge in [-0.15, -0.1) is 0 Å². The average molecular weight is 319 g/mol. The minimum absolute atomic E-state index is 0.0855. The summed E-state index contributed by atoms with van der Waals surface area (Å²) in [5, 5.41) is 3.33. The number of nitrogens with zero attached hydrogens (tertiary/aromatic N) is 2. The molecule has 0 aromatic carbocycles. The van der Waals surface area contributed by atoms with Crippen LogP contribution in [0.1, 0.15) is 44.9 Å². The van der Waals surface area contributed by atoms with Crippen molar-refractivity contribution < 1.29 is 9.59 Å². The lowest BCUT2D eigenvalue weighted by atomic mass is 9.95. The number of rotatable bonds is 5. The Balaban J connectivity index is 1.26. The number of likely N-dealkylation sites (tertiary alicyclic amines) is 2. The molecule has 4 fully saturated rings. The van der Waals surface area contributed by atoms with Crippen LogP contribution in [0.25, 0.3) is 0 Å². The van der Waals surface area contributed by atoms with Gasteiger partial charge in [-0.25, -0.2) is 0 Å². The van der Waals surface area contributed by atoms with Crippen molar-refractivity contribution in [3.63, 3.8) is 0 Å². The number of piperidine rings is 1. The van der Waals surface area contributed by atoms with Gasteiger partial charge in [-0.05, 0) is 56.8 Å². The Morgan fingerprint density at radius 3 is 2.09 bits per heavy atom. The van der Waals surface area contributed by atoms with Gasteiger partial charge in [0.2, 0.25) is 11.8 Å². The fourth-order valence-corrected chi connectivity index (χ4v) is 4.52. The summed E-state index contributed by atoms with van der Waals surface area (Å²) < 4.78 is 0. The van der Waals surface area contributed by atoms with Crippen LogP contribution >= 0.6 is 0 Å². The van der Waals surface area contributed by atoms with E-state index in [1.807, 2.05) is 11.9 Å². The highest BCUT2D eigenvalue weighted by Crippen LogP contribution is 2.49. The van der Waals surface area contributed by atoms with Gasteiger partial charge in [0.05, 0.1) is 6.04 Å². The summed E-state index contributed by atoms with van der Waals surface area (Å²) in [6, 6.07) is 0.398. The van der Waals surface area contributed by atoms with Crippen LogP contribution in [0.4, 0.5) is 0 Å². The normalized spacial score (nSPS) is 30.3. The Morgan fingerprint density at radius 2 is 1.61 bits per heavy atom. The van der Waals surface area contributed by atoms with Gasteiger partial charge >= 0.3 is 0 Å². The second-order valence-electron chi connectivity index (χ2n) is 8.08. The summed E-state index contributed by atoms with van der Waals surface area (Å²) in [7, 11) is 1.89. The van der Waals surface area contributed by atoms with Crippen LogP contribution < -0.4 is 5.32 Å². The summed E-state index contributed by atoms with van der Waals surface area (Å²) in [6.45, 7) is 2.75. The predicted octanol–water partition coefficient (Wildman–Crippen LogP) is 1.23. The Bertz CT molecular complexity index is 467. The molecule has 5 nitrogen and oxygen atoms in total. The maximum absolute atomic E-state index is 12.6. The van der Waals surface area contributed by atoms with Gasteiger partial charge in [0.1, 0.15) is 0 Å². The molecule has 2 aliphatic carbocycles. The van der Waals surface area contributed by atoms with Gasteiger partial charge in [0.15, 0.2) is 0 Å². The molecular weight excluding hydrogens is 290 g/mol. The van der Waals surface area contributed by atoms with Crippen molar-refractivity contribution >= 4 is 11.8 Å². The lowest BCUT2D eigenvalue weighted by Crippen LogP contribution is -2.51. The molecule has 4 aliphatic rings. The molecule has 23 heavy (non-hydrogen) atoms. The van der Waals surface area contributed by atoms with E-state index in [1.165, 1.54) is 25.7 Å². The summed E-state index contributed by atoms with van der Waals surface area (Å²) in [6.07, 6.45) is 7.95. The van der Waals surface area contributed by atoms with Crippen molar-refractivity contribution in [2.75, 3.05) is 26.7 Å². The molecule has 2 saturated carbocycles. The quantitative estimate of drug-likeness (QED) is 0.829. The van der Waals surface area contributed by atoms with E-state index in [1.54, 1.807) is 0 Å². The monoisotopic (exact) mass is 319 g/mol. The Hall–Kier alpha value is -1.10. The van der Waals surface area contributed by atoms with Gasteiger partial charge < -0.3 is 10.2 Å². The van der Waals surface area contributed by atoms with Gasteiger partial charge in [0, 0.05) is 38.6 Å². The van der Waals surface area contributed by atoms with Gasteiger partial charge in [-0.1, -0.05) is 0 Å². The second kappa shape index (κ2) is 6.08. The zero-order valence-corrected chi connectivity index (χ0v) is 14.2. The highest BCUT2D eigenvalue weighted by atomic mass is 16.2. The van der Waals surface area contributed by atoms with Crippen LogP contribution in [-0.2, 0) is 9.59 Å². The molecule has 2 amide bonds. The van der Waals surface area contributed by atoms with Crippen LogP contribution in [0.3, 0.4) is 0 Å². The van der Waals surface area contributed by atoms with Crippen LogP contribution in [-0.4, -0.2) is 60.4 Å². The third-order valence-electron chi connectivity index (χ3n) is 6.28. The Labute approximate surface area is 138 Å². The zero-order valence-electron chi connectivity index (χ0n) is 14.2. The standard InChI is InChI=1S/C18H29N3O2/c1-20-9-8-15(18(20)23)21-10-6-14(7-11-21)19-17(22)16(12-2-3-12)13-4-5-13/h12-16H,2-11H2,1H3,(H,19,22). The van der Waals surface area contributed by atoms with Crippen LogP contribution in [0.2, 0.25) is 0 Å². The minimum Gasteiger partial charge on any atom is -0.353 e. The molecule has 4 rings (SSSR count). The van der Waals surface area contributed by atoms with E-state index < -0.39 is 0 Å². The molecule has 0 radical (unpaired) electrons.